The van der Waals surface area contributed by atoms with Gasteiger partial charge in [0.2, 0.25) is 10.0 Å². The minimum atomic E-state index is -3.59. The zero-order valence-corrected chi connectivity index (χ0v) is 16.5. The first-order chi connectivity index (χ1) is 13.1. The quantitative estimate of drug-likeness (QED) is 0.710. The summed E-state index contributed by atoms with van der Waals surface area (Å²) in [6.45, 7) is 1.56. The van der Waals surface area contributed by atoms with Crippen LogP contribution >= 0.6 is 0 Å². The van der Waals surface area contributed by atoms with Crippen LogP contribution in [0.25, 0.3) is 0 Å². The van der Waals surface area contributed by atoms with Gasteiger partial charge < -0.3 is 9.64 Å². The molecule has 0 aliphatic rings. The first-order valence-electron chi connectivity index (χ1n) is 8.34. The largest absolute Gasteiger partial charge is 0.449 e. The number of nitrogens with one attached hydrogen (secondary N) is 1. The standard InChI is InChI=1S/C19H21FN2O5S/c1-13(18(23)22(2)12-14-7-6-8-15(20)11-14)27-19(24)16-9-4-5-10-17(16)21-28(3,25)26/h4-11,13,21H,12H2,1-3H3. The van der Waals surface area contributed by atoms with E-state index in [-0.39, 0.29) is 17.8 Å². The SMILES string of the molecule is CC(OC(=O)c1ccccc1NS(C)(=O)=O)C(=O)N(C)Cc1cccc(F)c1. The number of carbonyl (C=O) groups excluding carboxylic acids is 2. The predicted molar refractivity (Wildman–Crippen MR) is 103 cm³/mol. The van der Waals surface area contributed by atoms with E-state index in [1.165, 1.54) is 49.2 Å². The lowest BCUT2D eigenvalue weighted by atomic mass is 10.2. The Kier molecular flexibility index (Phi) is 6.74. The van der Waals surface area contributed by atoms with Gasteiger partial charge >= 0.3 is 5.97 Å². The third-order valence-corrected chi connectivity index (χ3v) is 4.35. The molecule has 0 radical (unpaired) electrons. The number of hydrogen-bond acceptors (Lipinski definition) is 5. The average Bonchev–Trinajstić information content (AvgIpc) is 2.60. The summed E-state index contributed by atoms with van der Waals surface area (Å²) in [6, 6.07) is 11.8. The Morgan fingerprint density at radius 1 is 1.18 bits per heavy atom. The minimum absolute atomic E-state index is 0.0136. The van der Waals surface area contributed by atoms with Gasteiger partial charge in [0.1, 0.15) is 5.82 Å². The van der Waals surface area contributed by atoms with E-state index in [0.29, 0.717) is 5.56 Å². The lowest BCUT2D eigenvalue weighted by molar-refractivity contribution is -0.139. The number of benzene rings is 2. The number of rotatable bonds is 7. The zero-order chi connectivity index (χ0) is 20.9. The Labute approximate surface area is 163 Å². The average molecular weight is 408 g/mol. The van der Waals surface area contributed by atoms with Gasteiger partial charge in [-0.2, -0.15) is 0 Å². The molecule has 0 fully saturated rings. The molecule has 0 saturated heterocycles. The van der Waals surface area contributed by atoms with Crippen LogP contribution in [0.2, 0.25) is 0 Å². The second kappa shape index (κ2) is 8.83. The number of para-hydroxylation sites is 1. The first-order valence-corrected chi connectivity index (χ1v) is 10.2. The molecule has 1 amide bonds. The van der Waals surface area contributed by atoms with Crippen LogP contribution in [-0.2, 0) is 26.1 Å². The number of carbonyl (C=O) groups is 2. The van der Waals surface area contributed by atoms with Crippen molar-refractivity contribution in [3.8, 4) is 0 Å². The Balaban J connectivity index is 2.06. The third-order valence-electron chi connectivity index (χ3n) is 3.76. The summed E-state index contributed by atoms with van der Waals surface area (Å²) >= 11 is 0. The van der Waals surface area contributed by atoms with Crippen molar-refractivity contribution in [2.75, 3.05) is 18.0 Å². The maximum absolute atomic E-state index is 13.3. The van der Waals surface area contributed by atoms with Gasteiger partial charge in [-0.15, -0.1) is 0 Å². The van der Waals surface area contributed by atoms with Crippen LogP contribution in [0.1, 0.15) is 22.8 Å². The van der Waals surface area contributed by atoms with E-state index >= 15 is 0 Å². The number of hydrogen-bond donors (Lipinski definition) is 1. The van der Waals surface area contributed by atoms with Crippen LogP contribution in [0.15, 0.2) is 48.5 Å². The smallest absolute Gasteiger partial charge is 0.341 e. The van der Waals surface area contributed by atoms with Gasteiger partial charge in [-0.3, -0.25) is 9.52 Å². The number of anilines is 1. The van der Waals surface area contributed by atoms with E-state index < -0.39 is 33.8 Å². The maximum Gasteiger partial charge on any atom is 0.341 e. The van der Waals surface area contributed by atoms with Crippen LogP contribution in [0.5, 0.6) is 0 Å². The molecular weight excluding hydrogens is 387 g/mol. The highest BCUT2D eigenvalue weighted by molar-refractivity contribution is 7.92. The van der Waals surface area contributed by atoms with Crippen molar-refractivity contribution in [3.63, 3.8) is 0 Å². The van der Waals surface area contributed by atoms with E-state index in [9.17, 15) is 22.4 Å². The van der Waals surface area contributed by atoms with Gasteiger partial charge in [0.15, 0.2) is 6.10 Å². The van der Waals surface area contributed by atoms with Gasteiger partial charge in [0.05, 0.1) is 17.5 Å². The number of amides is 1. The minimum Gasteiger partial charge on any atom is -0.449 e. The zero-order valence-electron chi connectivity index (χ0n) is 15.7. The molecule has 0 aliphatic heterocycles. The van der Waals surface area contributed by atoms with Crippen molar-refractivity contribution in [3.05, 3.63) is 65.5 Å². The third kappa shape index (κ3) is 6.05. The van der Waals surface area contributed by atoms with Gasteiger partial charge in [-0.1, -0.05) is 24.3 Å². The topological polar surface area (TPSA) is 92.8 Å². The molecule has 2 aromatic carbocycles. The lowest BCUT2D eigenvalue weighted by Crippen LogP contribution is -2.37. The van der Waals surface area contributed by atoms with Crippen molar-refractivity contribution in [2.45, 2.75) is 19.6 Å². The van der Waals surface area contributed by atoms with Crippen LogP contribution in [0, 0.1) is 5.82 Å². The molecular formula is C19H21FN2O5S. The van der Waals surface area contributed by atoms with Crippen LogP contribution in [0.4, 0.5) is 10.1 Å². The number of halogens is 1. The molecule has 2 aromatic rings. The highest BCUT2D eigenvalue weighted by atomic mass is 32.2. The molecule has 1 N–H and O–H groups in total. The number of esters is 1. The number of likely N-dealkylation sites (N-methyl/N-ethyl adjacent to an activating group) is 1. The first kappa shape index (κ1) is 21.4. The number of sulfonamides is 1. The van der Waals surface area contributed by atoms with Gasteiger partial charge in [-0.25, -0.2) is 17.6 Å². The molecule has 7 nitrogen and oxygen atoms in total. The summed E-state index contributed by atoms with van der Waals surface area (Å²) < 4.78 is 43.6. The number of ether oxygens (including phenoxy) is 1. The summed E-state index contributed by atoms with van der Waals surface area (Å²) in [5, 5.41) is 0. The monoisotopic (exact) mass is 408 g/mol. The molecule has 0 bridgehead atoms. The van der Waals surface area contributed by atoms with E-state index in [0.717, 1.165) is 6.26 Å². The van der Waals surface area contributed by atoms with Gasteiger partial charge in [-0.05, 0) is 36.8 Å². The highest BCUT2D eigenvalue weighted by Crippen LogP contribution is 2.18. The summed E-state index contributed by atoms with van der Waals surface area (Å²) in [6.07, 6.45) is -0.153. The second-order valence-electron chi connectivity index (χ2n) is 6.29. The summed E-state index contributed by atoms with van der Waals surface area (Å²) in [4.78, 5) is 26.2. The van der Waals surface area contributed by atoms with Crippen LogP contribution < -0.4 is 4.72 Å². The van der Waals surface area contributed by atoms with E-state index in [1.54, 1.807) is 18.2 Å². The fourth-order valence-electron chi connectivity index (χ4n) is 2.52. The fourth-order valence-corrected chi connectivity index (χ4v) is 3.10. The normalized spacial score (nSPS) is 12.1. The molecule has 2 rings (SSSR count). The van der Waals surface area contributed by atoms with Crippen molar-refractivity contribution in [2.24, 2.45) is 0 Å². The van der Waals surface area contributed by atoms with Gasteiger partial charge in [0.25, 0.3) is 5.91 Å². The van der Waals surface area contributed by atoms with E-state index in [4.69, 9.17) is 4.74 Å². The fraction of sp³-hybridized carbons (Fsp3) is 0.263. The molecule has 9 heteroatoms. The van der Waals surface area contributed by atoms with E-state index in [2.05, 4.69) is 4.72 Å². The van der Waals surface area contributed by atoms with Crippen LogP contribution in [-0.4, -0.2) is 44.6 Å². The predicted octanol–water partition coefficient (Wildman–Crippen LogP) is 2.40. The highest BCUT2D eigenvalue weighted by Gasteiger charge is 2.24. The lowest BCUT2D eigenvalue weighted by Gasteiger charge is -2.22. The molecule has 0 saturated carbocycles. The Morgan fingerprint density at radius 3 is 2.50 bits per heavy atom. The molecule has 0 aromatic heterocycles. The van der Waals surface area contributed by atoms with Crippen molar-refractivity contribution in [1.29, 1.82) is 0 Å². The number of nitrogens with zero attached hydrogens (tertiary/aromatic N) is 1. The molecule has 0 aliphatic carbocycles. The van der Waals surface area contributed by atoms with E-state index in [1.807, 2.05) is 0 Å². The molecule has 150 valence electrons. The Bertz CT molecular complexity index is 978. The molecule has 28 heavy (non-hydrogen) atoms. The maximum atomic E-state index is 13.3. The molecule has 1 atom stereocenters. The molecule has 0 heterocycles. The summed E-state index contributed by atoms with van der Waals surface area (Å²) in [5.74, 6) is -1.73. The molecule has 1 unspecified atom stereocenters. The Hall–Kier alpha value is -2.94. The molecule has 0 spiro atoms. The van der Waals surface area contributed by atoms with Gasteiger partial charge in [0, 0.05) is 13.6 Å². The van der Waals surface area contributed by atoms with Crippen molar-refractivity contribution in [1.82, 2.24) is 4.90 Å². The van der Waals surface area contributed by atoms with Crippen LogP contribution in [0.3, 0.4) is 0 Å². The summed E-state index contributed by atoms with van der Waals surface area (Å²) in [5.41, 5.74) is 0.639. The van der Waals surface area contributed by atoms with Crippen molar-refractivity contribution < 1.29 is 27.1 Å². The van der Waals surface area contributed by atoms with Crippen molar-refractivity contribution >= 4 is 27.6 Å². The second-order valence-corrected chi connectivity index (χ2v) is 8.04. The Morgan fingerprint density at radius 2 is 1.86 bits per heavy atom. The summed E-state index contributed by atoms with van der Waals surface area (Å²) in [7, 11) is -2.08.